The van der Waals surface area contributed by atoms with E-state index in [0.717, 1.165) is 12.1 Å². The topological polar surface area (TPSA) is 57.6 Å². The number of carboxylic acids is 1. The lowest BCUT2D eigenvalue weighted by Gasteiger charge is -2.25. The lowest BCUT2D eigenvalue weighted by molar-refractivity contribution is -0.149. The highest BCUT2D eigenvalue weighted by Gasteiger charge is 2.36. The Morgan fingerprint density at radius 2 is 2.09 bits per heavy atom. The number of hydrogen-bond donors (Lipinski definition) is 1. The molecule has 1 aromatic rings. The van der Waals surface area contributed by atoms with Crippen molar-refractivity contribution in [3.05, 3.63) is 35.4 Å². The minimum Gasteiger partial charge on any atom is -0.480 e. The number of carbonyl (C=O) groups excluding carboxylic acids is 1. The lowest BCUT2D eigenvalue weighted by atomic mass is 9.98. The summed E-state index contributed by atoms with van der Waals surface area (Å²) in [5.41, 5.74) is -0.342. The molecular weight excluding hydrogens is 311 g/mol. The molecule has 7 heteroatoms. The first kappa shape index (κ1) is 17.3. The lowest BCUT2D eigenvalue weighted by Crippen LogP contribution is -2.43. The summed E-state index contributed by atoms with van der Waals surface area (Å²) in [5, 5.41) is 9.11. The van der Waals surface area contributed by atoms with Crippen LogP contribution in [-0.2, 0) is 22.2 Å². The van der Waals surface area contributed by atoms with E-state index >= 15 is 0 Å². The van der Waals surface area contributed by atoms with Gasteiger partial charge in [-0.15, -0.1) is 0 Å². The number of nitrogens with zero attached hydrogens (tertiary/aromatic N) is 1. The quantitative estimate of drug-likeness (QED) is 0.924. The molecule has 1 unspecified atom stereocenters. The smallest absolute Gasteiger partial charge is 0.416 e. The maximum atomic E-state index is 12.7. The van der Waals surface area contributed by atoms with Crippen molar-refractivity contribution < 1.29 is 27.9 Å². The Hall–Kier alpha value is -2.05. The molecular formula is C16H18F3NO3. The summed E-state index contributed by atoms with van der Waals surface area (Å²) in [5.74, 6) is -1.94. The van der Waals surface area contributed by atoms with Crippen LogP contribution in [0.25, 0.3) is 0 Å². The van der Waals surface area contributed by atoms with Gasteiger partial charge in [0.25, 0.3) is 0 Å². The van der Waals surface area contributed by atoms with Crippen LogP contribution in [0, 0.1) is 5.92 Å². The average molecular weight is 329 g/mol. The monoisotopic (exact) mass is 329 g/mol. The third-order valence-corrected chi connectivity index (χ3v) is 4.04. The Morgan fingerprint density at radius 1 is 1.39 bits per heavy atom. The van der Waals surface area contributed by atoms with Gasteiger partial charge in [-0.3, -0.25) is 4.79 Å². The van der Waals surface area contributed by atoms with E-state index in [2.05, 4.69) is 0 Å². The highest BCUT2D eigenvalue weighted by atomic mass is 19.4. The van der Waals surface area contributed by atoms with Crippen molar-refractivity contribution >= 4 is 11.9 Å². The predicted molar refractivity (Wildman–Crippen MR) is 76.7 cm³/mol. The summed E-state index contributed by atoms with van der Waals surface area (Å²) >= 11 is 0. The standard InChI is InChI=1S/C16H18F3NO3/c1-10(14(21)20-7-3-6-13(20)15(22)23)8-11-4-2-5-12(9-11)16(17,18)19/h2,4-5,9-10,13H,3,6-8H2,1H3,(H,22,23)/t10?,13-/m0/s1. The van der Waals surface area contributed by atoms with Crippen molar-refractivity contribution in [2.24, 2.45) is 5.92 Å². The molecule has 1 N–H and O–H groups in total. The minimum absolute atomic E-state index is 0.144. The van der Waals surface area contributed by atoms with Crippen molar-refractivity contribution in [1.29, 1.82) is 0 Å². The van der Waals surface area contributed by atoms with Gasteiger partial charge >= 0.3 is 12.1 Å². The summed E-state index contributed by atoms with van der Waals surface area (Å²) in [6.45, 7) is 1.99. The normalized spacial score (nSPS) is 19.7. The highest BCUT2D eigenvalue weighted by molar-refractivity contribution is 5.85. The van der Waals surface area contributed by atoms with Crippen LogP contribution in [0.3, 0.4) is 0 Å². The van der Waals surface area contributed by atoms with Crippen LogP contribution in [0.1, 0.15) is 30.9 Å². The SMILES string of the molecule is CC(Cc1cccc(C(F)(F)F)c1)C(=O)N1CCC[C@H]1C(=O)O. The number of rotatable bonds is 4. The number of carbonyl (C=O) groups is 2. The van der Waals surface area contributed by atoms with Crippen molar-refractivity contribution in [3.63, 3.8) is 0 Å². The van der Waals surface area contributed by atoms with Gasteiger partial charge in [0.1, 0.15) is 6.04 Å². The van der Waals surface area contributed by atoms with Gasteiger partial charge < -0.3 is 10.0 Å². The number of alkyl halides is 3. The molecule has 0 aromatic heterocycles. The average Bonchev–Trinajstić information content (AvgIpc) is 2.95. The van der Waals surface area contributed by atoms with Crippen LogP contribution in [-0.4, -0.2) is 34.5 Å². The second-order valence-electron chi connectivity index (χ2n) is 5.83. The molecule has 1 aromatic carbocycles. The zero-order valence-electron chi connectivity index (χ0n) is 12.6. The van der Waals surface area contributed by atoms with Gasteiger partial charge in [-0.2, -0.15) is 13.2 Å². The number of likely N-dealkylation sites (tertiary alicyclic amines) is 1. The third kappa shape index (κ3) is 4.03. The Bertz CT molecular complexity index is 600. The van der Waals surface area contributed by atoms with Crippen LogP contribution in [0.15, 0.2) is 24.3 Å². The maximum absolute atomic E-state index is 12.7. The molecule has 126 valence electrons. The van der Waals surface area contributed by atoms with Gasteiger partial charge in [-0.1, -0.05) is 25.1 Å². The van der Waals surface area contributed by atoms with E-state index in [0.29, 0.717) is 24.9 Å². The largest absolute Gasteiger partial charge is 0.480 e. The molecule has 0 saturated carbocycles. The summed E-state index contributed by atoms with van der Waals surface area (Å²) in [6.07, 6.45) is -3.24. The number of aliphatic carboxylic acids is 1. The molecule has 0 bridgehead atoms. The maximum Gasteiger partial charge on any atom is 0.416 e. The predicted octanol–water partition coefficient (Wildman–Crippen LogP) is 2.96. The fourth-order valence-electron chi connectivity index (χ4n) is 2.89. The molecule has 1 fully saturated rings. The molecule has 1 amide bonds. The molecule has 1 aliphatic heterocycles. The molecule has 2 atom stereocenters. The van der Waals surface area contributed by atoms with E-state index in [1.807, 2.05) is 0 Å². The second-order valence-corrected chi connectivity index (χ2v) is 5.83. The van der Waals surface area contributed by atoms with Crippen LogP contribution >= 0.6 is 0 Å². The number of amides is 1. The Kier molecular flexibility index (Phi) is 4.97. The Morgan fingerprint density at radius 3 is 2.70 bits per heavy atom. The fourth-order valence-corrected chi connectivity index (χ4v) is 2.89. The van der Waals surface area contributed by atoms with E-state index in [1.54, 1.807) is 6.92 Å². The third-order valence-electron chi connectivity index (χ3n) is 4.04. The number of benzene rings is 1. The van der Waals surface area contributed by atoms with E-state index < -0.39 is 29.7 Å². The zero-order valence-corrected chi connectivity index (χ0v) is 12.6. The minimum atomic E-state index is -4.42. The summed E-state index contributed by atoms with van der Waals surface area (Å²) in [7, 11) is 0. The number of halogens is 3. The van der Waals surface area contributed by atoms with Gasteiger partial charge in [-0.05, 0) is 30.9 Å². The van der Waals surface area contributed by atoms with Crippen molar-refractivity contribution in [2.45, 2.75) is 38.4 Å². The molecule has 23 heavy (non-hydrogen) atoms. The second kappa shape index (κ2) is 6.60. The van der Waals surface area contributed by atoms with Crippen molar-refractivity contribution in [1.82, 2.24) is 4.90 Å². The molecule has 2 rings (SSSR count). The Balaban J connectivity index is 2.08. The van der Waals surface area contributed by atoms with Gasteiger partial charge in [0.2, 0.25) is 5.91 Å². The van der Waals surface area contributed by atoms with Gasteiger partial charge in [0.05, 0.1) is 5.56 Å². The van der Waals surface area contributed by atoms with Crippen LogP contribution < -0.4 is 0 Å². The van der Waals surface area contributed by atoms with Crippen molar-refractivity contribution in [2.75, 3.05) is 6.54 Å². The first-order valence-corrected chi connectivity index (χ1v) is 7.39. The van der Waals surface area contributed by atoms with Gasteiger partial charge in [-0.25, -0.2) is 4.79 Å². The number of carboxylic acid groups (broad SMARTS) is 1. The summed E-state index contributed by atoms with van der Waals surface area (Å²) in [6, 6.07) is 4.04. The van der Waals surface area contributed by atoms with Gasteiger partial charge in [0, 0.05) is 12.5 Å². The highest BCUT2D eigenvalue weighted by Crippen LogP contribution is 2.30. The molecule has 0 radical (unpaired) electrons. The molecule has 0 aliphatic carbocycles. The van der Waals surface area contributed by atoms with E-state index in [4.69, 9.17) is 5.11 Å². The summed E-state index contributed by atoms with van der Waals surface area (Å²) < 4.78 is 38.1. The van der Waals surface area contributed by atoms with E-state index in [1.165, 1.54) is 17.0 Å². The molecule has 1 aliphatic rings. The van der Waals surface area contributed by atoms with Crippen LogP contribution in [0.4, 0.5) is 13.2 Å². The molecule has 0 spiro atoms. The first-order valence-electron chi connectivity index (χ1n) is 7.39. The zero-order chi connectivity index (χ0) is 17.2. The van der Waals surface area contributed by atoms with E-state index in [-0.39, 0.29) is 12.3 Å². The van der Waals surface area contributed by atoms with Crippen LogP contribution in [0.5, 0.6) is 0 Å². The number of hydrogen-bond acceptors (Lipinski definition) is 2. The van der Waals surface area contributed by atoms with E-state index in [9.17, 15) is 22.8 Å². The summed E-state index contributed by atoms with van der Waals surface area (Å²) in [4.78, 5) is 24.8. The fraction of sp³-hybridized carbons (Fsp3) is 0.500. The van der Waals surface area contributed by atoms with Gasteiger partial charge in [0.15, 0.2) is 0 Å². The van der Waals surface area contributed by atoms with Crippen LogP contribution in [0.2, 0.25) is 0 Å². The molecule has 4 nitrogen and oxygen atoms in total. The Labute approximate surface area is 131 Å². The molecule has 1 heterocycles. The van der Waals surface area contributed by atoms with Crippen molar-refractivity contribution in [3.8, 4) is 0 Å². The molecule has 1 saturated heterocycles. The first-order chi connectivity index (χ1) is 10.7.